The largest absolute Gasteiger partial charge is 0.368 e. The number of nitrogens with one attached hydrogen (secondary N) is 1. The lowest BCUT2D eigenvalue weighted by atomic mass is 10.1. The van der Waals surface area contributed by atoms with Gasteiger partial charge in [0.1, 0.15) is 5.69 Å². The van der Waals surface area contributed by atoms with Gasteiger partial charge in [0.15, 0.2) is 5.69 Å². The number of carbonyl (C=O) groups is 2. The van der Waals surface area contributed by atoms with Crippen molar-refractivity contribution in [1.29, 1.82) is 0 Å². The molecule has 2 aliphatic heterocycles. The zero-order valence-corrected chi connectivity index (χ0v) is 14.2. The van der Waals surface area contributed by atoms with E-state index in [1.165, 1.54) is 5.69 Å². The number of rotatable bonds is 2. The molecule has 4 rings (SSSR count). The van der Waals surface area contributed by atoms with Crippen LogP contribution in [-0.2, 0) is 6.54 Å². The maximum absolute atomic E-state index is 12.9. The lowest BCUT2D eigenvalue weighted by Gasteiger charge is -2.36. The van der Waals surface area contributed by atoms with Gasteiger partial charge in [-0.2, -0.15) is 0 Å². The molecule has 1 N–H and O–H groups in total. The molecular weight excluding hydrogens is 318 g/mol. The number of amides is 2. The SMILES string of the molecule is C[C@H]1Cn2cnc(C(=O)N3CCN(c4ccccc4)CC3)c2C(=O)N1. The van der Waals surface area contributed by atoms with Gasteiger partial charge in [-0.15, -0.1) is 0 Å². The number of nitrogens with zero attached hydrogens (tertiary/aromatic N) is 4. The molecule has 0 bridgehead atoms. The molecule has 1 atom stereocenters. The first-order valence-electron chi connectivity index (χ1n) is 8.59. The molecule has 0 radical (unpaired) electrons. The van der Waals surface area contributed by atoms with Crippen molar-refractivity contribution < 1.29 is 9.59 Å². The Labute approximate surface area is 146 Å². The zero-order valence-electron chi connectivity index (χ0n) is 14.2. The number of benzene rings is 1. The first-order chi connectivity index (χ1) is 12.1. The molecule has 1 fully saturated rings. The summed E-state index contributed by atoms with van der Waals surface area (Å²) < 4.78 is 1.77. The van der Waals surface area contributed by atoms with Crippen molar-refractivity contribution in [3.63, 3.8) is 0 Å². The van der Waals surface area contributed by atoms with Gasteiger partial charge >= 0.3 is 0 Å². The van der Waals surface area contributed by atoms with Crippen molar-refractivity contribution in [2.24, 2.45) is 0 Å². The van der Waals surface area contributed by atoms with Crippen LogP contribution in [0.1, 0.15) is 27.9 Å². The third-order valence-electron chi connectivity index (χ3n) is 4.79. The van der Waals surface area contributed by atoms with E-state index < -0.39 is 0 Å². The van der Waals surface area contributed by atoms with Crippen molar-refractivity contribution in [3.05, 3.63) is 48.0 Å². The van der Waals surface area contributed by atoms with E-state index in [4.69, 9.17) is 0 Å². The molecule has 1 aromatic heterocycles. The van der Waals surface area contributed by atoms with Gasteiger partial charge in [0.05, 0.1) is 6.33 Å². The van der Waals surface area contributed by atoms with Gasteiger partial charge in [0.2, 0.25) is 0 Å². The summed E-state index contributed by atoms with van der Waals surface area (Å²) >= 11 is 0. The van der Waals surface area contributed by atoms with Crippen LogP contribution < -0.4 is 10.2 Å². The second-order valence-corrected chi connectivity index (χ2v) is 6.58. The Morgan fingerprint density at radius 1 is 1.16 bits per heavy atom. The van der Waals surface area contributed by atoms with E-state index >= 15 is 0 Å². The number of piperazine rings is 1. The van der Waals surface area contributed by atoms with Gasteiger partial charge in [-0.05, 0) is 19.1 Å². The van der Waals surface area contributed by atoms with Crippen LogP contribution in [0.5, 0.6) is 0 Å². The number of hydrogen-bond donors (Lipinski definition) is 1. The summed E-state index contributed by atoms with van der Waals surface area (Å²) in [5.74, 6) is -0.381. The lowest BCUT2D eigenvalue weighted by Crippen LogP contribution is -2.49. The maximum Gasteiger partial charge on any atom is 0.275 e. The molecule has 0 saturated carbocycles. The van der Waals surface area contributed by atoms with E-state index in [1.807, 2.05) is 25.1 Å². The second-order valence-electron chi connectivity index (χ2n) is 6.58. The van der Waals surface area contributed by atoms with Crippen LogP contribution >= 0.6 is 0 Å². The van der Waals surface area contributed by atoms with Crippen LogP contribution in [0.3, 0.4) is 0 Å². The maximum atomic E-state index is 12.9. The fourth-order valence-corrected chi connectivity index (χ4v) is 3.50. The van der Waals surface area contributed by atoms with E-state index in [9.17, 15) is 9.59 Å². The average Bonchev–Trinajstić information content (AvgIpc) is 3.06. The molecule has 7 nitrogen and oxygen atoms in total. The summed E-state index contributed by atoms with van der Waals surface area (Å²) in [4.78, 5) is 33.4. The molecule has 0 unspecified atom stereocenters. The molecule has 1 aromatic carbocycles. The third kappa shape index (κ3) is 2.86. The molecule has 25 heavy (non-hydrogen) atoms. The van der Waals surface area contributed by atoms with E-state index in [0.29, 0.717) is 25.3 Å². The molecule has 2 aliphatic rings. The highest BCUT2D eigenvalue weighted by atomic mass is 16.2. The highest BCUT2D eigenvalue weighted by Crippen LogP contribution is 2.19. The fraction of sp³-hybridized carbons (Fsp3) is 0.389. The van der Waals surface area contributed by atoms with Crippen LogP contribution in [0.15, 0.2) is 36.7 Å². The van der Waals surface area contributed by atoms with Gasteiger partial charge in [-0.1, -0.05) is 18.2 Å². The minimum absolute atomic E-state index is 0.0477. The Morgan fingerprint density at radius 3 is 2.60 bits per heavy atom. The van der Waals surface area contributed by atoms with Crippen molar-refractivity contribution >= 4 is 17.5 Å². The number of fused-ring (bicyclic) bond motifs is 1. The molecule has 1 saturated heterocycles. The fourth-order valence-electron chi connectivity index (χ4n) is 3.50. The topological polar surface area (TPSA) is 70.5 Å². The quantitative estimate of drug-likeness (QED) is 0.885. The number of para-hydroxylation sites is 1. The number of anilines is 1. The van der Waals surface area contributed by atoms with Crippen molar-refractivity contribution in [2.75, 3.05) is 31.1 Å². The summed E-state index contributed by atoms with van der Waals surface area (Å²) in [7, 11) is 0. The average molecular weight is 339 g/mol. The number of hydrogen-bond acceptors (Lipinski definition) is 4. The standard InChI is InChI=1S/C18H21N5O2/c1-13-11-23-12-19-15(16(23)17(24)20-13)18(25)22-9-7-21(8-10-22)14-5-3-2-4-6-14/h2-6,12-13H,7-11H2,1H3,(H,20,24)/t13-/m0/s1. The van der Waals surface area contributed by atoms with Gasteiger partial charge < -0.3 is 19.7 Å². The normalized spacial score (nSPS) is 20.2. The minimum atomic E-state index is -0.220. The van der Waals surface area contributed by atoms with Crippen LogP contribution in [0, 0.1) is 0 Å². The number of aromatic nitrogens is 2. The summed E-state index contributed by atoms with van der Waals surface area (Å²) in [5.41, 5.74) is 1.81. The van der Waals surface area contributed by atoms with E-state index in [1.54, 1.807) is 15.8 Å². The van der Waals surface area contributed by atoms with E-state index in [2.05, 4.69) is 27.3 Å². The monoisotopic (exact) mass is 339 g/mol. The first-order valence-corrected chi connectivity index (χ1v) is 8.59. The van der Waals surface area contributed by atoms with Crippen LogP contribution in [0.2, 0.25) is 0 Å². The highest BCUT2D eigenvalue weighted by molar-refractivity contribution is 6.05. The summed E-state index contributed by atoms with van der Waals surface area (Å²) in [6.45, 7) is 5.37. The van der Waals surface area contributed by atoms with Gasteiger partial charge in [0, 0.05) is 44.5 Å². The van der Waals surface area contributed by atoms with Crippen molar-refractivity contribution in [3.8, 4) is 0 Å². The Morgan fingerprint density at radius 2 is 1.88 bits per heavy atom. The number of imidazole rings is 1. The minimum Gasteiger partial charge on any atom is -0.368 e. The molecule has 7 heteroatoms. The zero-order chi connectivity index (χ0) is 17.4. The predicted octanol–water partition coefficient (Wildman–Crippen LogP) is 0.977. The van der Waals surface area contributed by atoms with Crippen LogP contribution in [0.25, 0.3) is 0 Å². The van der Waals surface area contributed by atoms with Crippen molar-refractivity contribution in [1.82, 2.24) is 19.8 Å². The molecule has 3 heterocycles. The molecule has 0 aliphatic carbocycles. The van der Waals surface area contributed by atoms with E-state index in [0.717, 1.165) is 13.1 Å². The van der Waals surface area contributed by atoms with Gasteiger partial charge in [-0.3, -0.25) is 9.59 Å². The lowest BCUT2D eigenvalue weighted by molar-refractivity contribution is 0.0731. The summed E-state index contributed by atoms with van der Waals surface area (Å²) in [6.07, 6.45) is 1.60. The molecule has 130 valence electrons. The van der Waals surface area contributed by atoms with E-state index in [-0.39, 0.29) is 23.6 Å². The van der Waals surface area contributed by atoms with Crippen molar-refractivity contribution in [2.45, 2.75) is 19.5 Å². The predicted molar refractivity (Wildman–Crippen MR) is 93.7 cm³/mol. The molecule has 2 aromatic rings. The first kappa shape index (κ1) is 15.7. The third-order valence-corrected chi connectivity index (χ3v) is 4.79. The summed E-state index contributed by atoms with van der Waals surface area (Å²) in [5, 5.41) is 2.87. The Kier molecular flexibility index (Phi) is 3.91. The Bertz CT molecular complexity index is 793. The van der Waals surface area contributed by atoms with Gasteiger partial charge in [-0.25, -0.2) is 4.98 Å². The Balaban J connectivity index is 1.48. The summed E-state index contributed by atoms with van der Waals surface area (Å²) in [6, 6.07) is 10.2. The molecule has 0 spiro atoms. The Hall–Kier alpha value is -2.83. The van der Waals surface area contributed by atoms with Crippen LogP contribution in [0.4, 0.5) is 5.69 Å². The van der Waals surface area contributed by atoms with Gasteiger partial charge in [0.25, 0.3) is 11.8 Å². The molecule has 2 amide bonds. The second kappa shape index (κ2) is 6.23. The van der Waals surface area contributed by atoms with Crippen LogP contribution in [-0.4, -0.2) is 58.5 Å². The molecular formula is C18H21N5O2. The highest BCUT2D eigenvalue weighted by Gasteiger charge is 2.32. The smallest absolute Gasteiger partial charge is 0.275 e. The number of carbonyl (C=O) groups excluding carboxylic acids is 2.